The van der Waals surface area contributed by atoms with Gasteiger partial charge in [0.15, 0.2) is 0 Å². The van der Waals surface area contributed by atoms with Crippen LogP contribution in [0.4, 0.5) is 0 Å². The van der Waals surface area contributed by atoms with Crippen molar-refractivity contribution in [3.63, 3.8) is 0 Å². The first-order chi connectivity index (χ1) is 8.22. The van der Waals surface area contributed by atoms with Gasteiger partial charge in [-0.15, -0.1) is 0 Å². The normalized spacial score (nSPS) is 20.1. The minimum absolute atomic E-state index is 0.0117. The lowest BCUT2D eigenvalue weighted by molar-refractivity contribution is 0.0705. The molecule has 0 radical (unpaired) electrons. The number of carbonyl (C=O) groups is 1. The zero-order chi connectivity index (χ0) is 12.3. The highest BCUT2D eigenvalue weighted by atomic mass is 16.5. The van der Waals surface area contributed by atoms with Gasteiger partial charge in [-0.3, -0.25) is 4.79 Å². The van der Waals surface area contributed by atoms with E-state index in [0.29, 0.717) is 17.9 Å². The zero-order valence-electron chi connectivity index (χ0n) is 10.1. The number of hydrogen-bond donors (Lipinski definition) is 1. The Morgan fingerprint density at radius 1 is 1.47 bits per heavy atom. The summed E-state index contributed by atoms with van der Waals surface area (Å²) < 4.78 is 5.21. The van der Waals surface area contributed by atoms with E-state index in [9.17, 15) is 4.79 Å². The van der Waals surface area contributed by atoms with Gasteiger partial charge in [0.2, 0.25) is 0 Å². The smallest absolute Gasteiger partial charge is 0.257 e. The van der Waals surface area contributed by atoms with Crippen molar-refractivity contribution in [3.05, 3.63) is 29.8 Å². The van der Waals surface area contributed by atoms with Gasteiger partial charge in [-0.05, 0) is 25.0 Å². The van der Waals surface area contributed by atoms with Crippen molar-refractivity contribution >= 4 is 5.91 Å². The van der Waals surface area contributed by atoms with E-state index < -0.39 is 0 Å². The molecule has 17 heavy (non-hydrogen) atoms. The fourth-order valence-corrected chi connectivity index (χ4v) is 2.19. The van der Waals surface area contributed by atoms with E-state index in [1.54, 1.807) is 19.2 Å². The third-order valence-electron chi connectivity index (χ3n) is 3.08. The highest BCUT2D eigenvalue weighted by Gasteiger charge is 2.24. The van der Waals surface area contributed by atoms with Crippen LogP contribution in [0.3, 0.4) is 0 Å². The van der Waals surface area contributed by atoms with Crippen molar-refractivity contribution in [3.8, 4) is 5.75 Å². The largest absolute Gasteiger partial charge is 0.496 e. The van der Waals surface area contributed by atoms with Gasteiger partial charge in [-0.1, -0.05) is 12.1 Å². The van der Waals surface area contributed by atoms with Crippen LogP contribution in [0, 0.1) is 0 Å². The van der Waals surface area contributed by atoms with E-state index in [1.807, 2.05) is 17.0 Å². The van der Waals surface area contributed by atoms with Gasteiger partial charge >= 0.3 is 0 Å². The molecule has 1 aromatic carbocycles. The number of likely N-dealkylation sites (tertiary alicyclic amines) is 1. The Morgan fingerprint density at radius 3 is 2.94 bits per heavy atom. The van der Waals surface area contributed by atoms with E-state index in [4.69, 9.17) is 10.5 Å². The molecule has 1 fully saturated rings. The molecule has 1 saturated heterocycles. The van der Waals surface area contributed by atoms with Crippen LogP contribution in [0.15, 0.2) is 24.3 Å². The van der Waals surface area contributed by atoms with Crippen LogP contribution in [-0.2, 0) is 0 Å². The molecule has 1 aromatic rings. The van der Waals surface area contributed by atoms with E-state index in [1.165, 1.54) is 0 Å². The minimum atomic E-state index is 0.0117. The van der Waals surface area contributed by atoms with Crippen LogP contribution in [0.2, 0.25) is 0 Å². The standard InChI is InChI=1S/C13H18N2O2/c1-17-12-7-3-2-6-11(12)13(16)15-8-4-5-10(14)9-15/h2-3,6-7,10H,4-5,8-9,14H2,1H3/t10-/m1/s1. The Balaban J connectivity index is 2.18. The molecule has 2 rings (SSSR count). The number of ether oxygens (including phenoxy) is 1. The fraction of sp³-hybridized carbons (Fsp3) is 0.462. The summed E-state index contributed by atoms with van der Waals surface area (Å²) >= 11 is 0. The maximum Gasteiger partial charge on any atom is 0.257 e. The topological polar surface area (TPSA) is 55.6 Å². The van der Waals surface area contributed by atoms with Crippen LogP contribution < -0.4 is 10.5 Å². The van der Waals surface area contributed by atoms with Crippen LogP contribution >= 0.6 is 0 Å². The summed E-state index contributed by atoms with van der Waals surface area (Å²) in [6.45, 7) is 1.42. The average molecular weight is 234 g/mol. The highest BCUT2D eigenvalue weighted by Crippen LogP contribution is 2.21. The third kappa shape index (κ3) is 2.58. The van der Waals surface area contributed by atoms with Gasteiger partial charge in [0.05, 0.1) is 12.7 Å². The molecular weight excluding hydrogens is 216 g/mol. The van der Waals surface area contributed by atoms with Crippen molar-refractivity contribution < 1.29 is 9.53 Å². The summed E-state index contributed by atoms with van der Waals surface area (Å²) in [6.07, 6.45) is 1.97. The fourth-order valence-electron chi connectivity index (χ4n) is 2.19. The van der Waals surface area contributed by atoms with Gasteiger partial charge in [-0.25, -0.2) is 0 Å². The number of nitrogens with two attached hydrogens (primary N) is 1. The second-order valence-corrected chi connectivity index (χ2v) is 4.35. The first-order valence-corrected chi connectivity index (χ1v) is 5.90. The predicted octanol–water partition coefficient (Wildman–Crippen LogP) is 1.26. The number of rotatable bonds is 2. The summed E-state index contributed by atoms with van der Waals surface area (Å²) in [7, 11) is 1.58. The number of piperidine rings is 1. The summed E-state index contributed by atoms with van der Waals surface area (Å²) in [5.41, 5.74) is 6.50. The molecule has 1 amide bonds. The first-order valence-electron chi connectivity index (χ1n) is 5.90. The van der Waals surface area contributed by atoms with Gasteiger partial charge in [-0.2, -0.15) is 0 Å². The molecule has 92 valence electrons. The predicted molar refractivity (Wildman–Crippen MR) is 66.1 cm³/mol. The van der Waals surface area contributed by atoms with E-state index in [2.05, 4.69) is 0 Å². The van der Waals surface area contributed by atoms with Crippen LogP contribution in [0.5, 0.6) is 5.75 Å². The molecule has 2 N–H and O–H groups in total. The Bertz CT molecular complexity index is 406. The number of amides is 1. The lowest BCUT2D eigenvalue weighted by Crippen LogP contribution is -2.45. The molecule has 1 aliphatic heterocycles. The zero-order valence-corrected chi connectivity index (χ0v) is 10.1. The average Bonchev–Trinajstić information content (AvgIpc) is 2.38. The molecule has 0 aromatic heterocycles. The highest BCUT2D eigenvalue weighted by molar-refractivity contribution is 5.97. The molecule has 1 atom stereocenters. The van der Waals surface area contributed by atoms with Gasteiger partial charge < -0.3 is 15.4 Å². The molecule has 0 spiro atoms. The van der Waals surface area contributed by atoms with Gasteiger partial charge in [0.1, 0.15) is 5.75 Å². The van der Waals surface area contributed by atoms with Crippen LogP contribution in [0.1, 0.15) is 23.2 Å². The number of methoxy groups -OCH3 is 1. The molecule has 4 nitrogen and oxygen atoms in total. The SMILES string of the molecule is COc1ccccc1C(=O)N1CCC[C@@H](N)C1. The molecule has 1 aliphatic rings. The van der Waals surface area contributed by atoms with Gasteiger partial charge in [0.25, 0.3) is 5.91 Å². The summed E-state index contributed by atoms with van der Waals surface area (Å²) in [5.74, 6) is 0.634. The van der Waals surface area contributed by atoms with Crippen molar-refractivity contribution in [2.45, 2.75) is 18.9 Å². The lowest BCUT2D eigenvalue weighted by Gasteiger charge is -2.31. The molecular formula is C13H18N2O2. The minimum Gasteiger partial charge on any atom is -0.496 e. The molecule has 4 heteroatoms. The summed E-state index contributed by atoms with van der Waals surface area (Å²) in [5, 5.41) is 0. The summed E-state index contributed by atoms with van der Waals surface area (Å²) in [6, 6.07) is 7.40. The third-order valence-corrected chi connectivity index (χ3v) is 3.08. The maximum atomic E-state index is 12.3. The van der Waals surface area contributed by atoms with Crippen molar-refractivity contribution in [1.82, 2.24) is 4.90 Å². The molecule has 0 saturated carbocycles. The Kier molecular flexibility index (Phi) is 3.64. The van der Waals surface area contributed by atoms with Gasteiger partial charge in [0, 0.05) is 19.1 Å². The van der Waals surface area contributed by atoms with Crippen molar-refractivity contribution in [2.24, 2.45) is 5.73 Å². The number of carbonyl (C=O) groups excluding carboxylic acids is 1. The summed E-state index contributed by atoms with van der Waals surface area (Å²) in [4.78, 5) is 14.1. The van der Waals surface area contributed by atoms with Crippen molar-refractivity contribution in [2.75, 3.05) is 20.2 Å². The second kappa shape index (κ2) is 5.19. The second-order valence-electron chi connectivity index (χ2n) is 4.35. The van der Waals surface area contributed by atoms with E-state index >= 15 is 0 Å². The Hall–Kier alpha value is -1.55. The number of hydrogen-bond acceptors (Lipinski definition) is 3. The molecule has 0 aliphatic carbocycles. The molecule has 0 unspecified atom stereocenters. The quantitative estimate of drug-likeness (QED) is 0.838. The monoisotopic (exact) mass is 234 g/mol. The first kappa shape index (κ1) is 11.9. The van der Waals surface area contributed by atoms with Crippen molar-refractivity contribution in [1.29, 1.82) is 0 Å². The van der Waals surface area contributed by atoms with E-state index in [0.717, 1.165) is 19.4 Å². The molecule has 0 bridgehead atoms. The number of benzene rings is 1. The maximum absolute atomic E-state index is 12.3. The van der Waals surface area contributed by atoms with Crippen LogP contribution in [-0.4, -0.2) is 37.0 Å². The Morgan fingerprint density at radius 2 is 2.24 bits per heavy atom. The lowest BCUT2D eigenvalue weighted by atomic mass is 10.0. The van der Waals surface area contributed by atoms with Crippen LogP contribution in [0.25, 0.3) is 0 Å². The number of para-hydroxylation sites is 1. The molecule has 1 heterocycles. The Labute approximate surface area is 101 Å². The number of nitrogens with zero attached hydrogens (tertiary/aromatic N) is 1. The van der Waals surface area contributed by atoms with E-state index in [-0.39, 0.29) is 11.9 Å².